The van der Waals surface area contributed by atoms with Gasteiger partial charge in [0.05, 0.1) is 0 Å². The van der Waals surface area contributed by atoms with Gasteiger partial charge in [0.15, 0.2) is 0 Å². The summed E-state index contributed by atoms with van der Waals surface area (Å²) in [5.41, 5.74) is 14.9. The Labute approximate surface area is 318 Å². The molecule has 4 saturated carbocycles. The van der Waals surface area contributed by atoms with Crippen LogP contribution in [0.5, 0.6) is 0 Å². The van der Waals surface area contributed by atoms with E-state index in [9.17, 15) is 0 Å². The van der Waals surface area contributed by atoms with Gasteiger partial charge in [0, 0.05) is 0 Å². The van der Waals surface area contributed by atoms with Crippen LogP contribution in [0.25, 0.3) is 23.3 Å². The van der Waals surface area contributed by atoms with E-state index in [1.54, 1.807) is 11.1 Å². The van der Waals surface area contributed by atoms with Crippen LogP contribution < -0.4 is 0 Å². The van der Waals surface area contributed by atoms with Crippen LogP contribution in [0.3, 0.4) is 0 Å². The van der Waals surface area contributed by atoms with E-state index in [0.717, 1.165) is 30.6 Å². The zero-order chi connectivity index (χ0) is 35.9. The summed E-state index contributed by atoms with van der Waals surface area (Å²) in [5.74, 6) is 2.26. The van der Waals surface area contributed by atoms with E-state index in [1.165, 1.54) is 95.9 Å². The number of halogens is 2. The topological polar surface area (TPSA) is 0 Å². The van der Waals surface area contributed by atoms with Gasteiger partial charge in [0.1, 0.15) is 0 Å². The van der Waals surface area contributed by atoms with Crippen LogP contribution in [-0.2, 0) is 21.0 Å². The summed E-state index contributed by atoms with van der Waals surface area (Å²) in [6.45, 7) is 16.8. The molecule has 6 aliphatic carbocycles. The Hall–Kier alpha value is -1.18. The summed E-state index contributed by atoms with van der Waals surface area (Å²) in [6.07, 6.45) is 18.3. The number of hydrogen-bond donors (Lipinski definition) is 0. The van der Waals surface area contributed by atoms with Crippen molar-refractivity contribution in [1.82, 2.24) is 0 Å². The third-order valence-corrected chi connectivity index (χ3v) is 66.9. The van der Waals surface area contributed by atoms with E-state index in [2.05, 4.69) is 121 Å². The normalized spacial score (nSPS) is 29.7. The Kier molecular flexibility index (Phi) is 9.76. The first-order valence-corrected chi connectivity index (χ1v) is 37.1. The predicted octanol–water partition coefficient (Wildman–Crippen LogP) is 14.7. The van der Waals surface area contributed by atoms with Crippen LogP contribution in [-0.4, -0.2) is 5.92 Å². The molecule has 4 unspecified atom stereocenters. The summed E-state index contributed by atoms with van der Waals surface area (Å²) in [4.78, 5) is 0. The standard InChI is InChI=1S/C27H29.C18H25.C2H7Si.2ClH.Zr/c1-2-18-13-23-4-3-5-25(26(23)14-18)22-6-8-24(9-7-22)27-15-19-10-20(16-27)12-21(11-19)17-27;1-5-8-14(4)16-11-15-9-7-10-17(13(3)6-2)18(15)12-16;1-3-2;;;/h3-9,13-14,19-21H,2,10-12,15-17H2,1H3;7,9-14H,5-6,8H2,1-4H3;3H,1-2H3;2*1H;/q;;;;;+2/p-2. The van der Waals surface area contributed by atoms with Gasteiger partial charge in [-0.15, -0.1) is 0 Å². The molecule has 0 nitrogen and oxygen atoms in total. The molecule has 51 heavy (non-hydrogen) atoms. The van der Waals surface area contributed by atoms with Crippen molar-refractivity contribution in [3.05, 3.63) is 105 Å². The van der Waals surface area contributed by atoms with Crippen molar-refractivity contribution >= 4 is 35.1 Å². The fourth-order valence-electron chi connectivity index (χ4n) is 12.7. The van der Waals surface area contributed by atoms with Gasteiger partial charge in [0.2, 0.25) is 0 Å². The Morgan fingerprint density at radius 1 is 0.745 bits per heavy atom. The molecular weight excluding hydrogens is 755 g/mol. The van der Waals surface area contributed by atoms with E-state index in [4.69, 9.17) is 17.0 Å². The van der Waals surface area contributed by atoms with Crippen LogP contribution in [0.2, 0.25) is 13.1 Å². The monoisotopic (exact) mass is 813 g/mol. The average molecular weight is 816 g/mol. The molecule has 9 rings (SSSR count). The van der Waals surface area contributed by atoms with Crippen molar-refractivity contribution in [3.63, 3.8) is 0 Å². The molecule has 271 valence electrons. The third kappa shape index (κ3) is 5.72. The van der Waals surface area contributed by atoms with Crippen molar-refractivity contribution in [2.75, 3.05) is 0 Å². The van der Waals surface area contributed by atoms with E-state index in [0.29, 0.717) is 17.3 Å². The third-order valence-electron chi connectivity index (χ3n) is 15.2. The van der Waals surface area contributed by atoms with Crippen LogP contribution in [0.15, 0.2) is 71.8 Å². The van der Waals surface area contributed by atoms with Gasteiger partial charge >= 0.3 is 321 Å². The molecule has 3 aromatic rings. The molecule has 0 aliphatic heterocycles. The van der Waals surface area contributed by atoms with Crippen molar-refractivity contribution in [3.8, 4) is 11.1 Å². The Morgan fingerprint density at radius 3 is 1.92 bits per heavy atom. The Balaban J connectivity index is 1.23. The fraction of sp³-hybridized carbons (Fsp3) is 0.532. The SMILES string of the molecule is CCCC(C)C1=Cc2c(C(C)CC)cccc2[CH]1[Zr]([Cl])([Cl])([CH]1C(CC)=Cc2c(-c3ccc(C45CC6CC(CC(C6)C4)C5)cc3)cccc21)[SiH](C)C. The van der Waals surface area contributed by atoms with E-state index in [1.807, 2.05) is 0 Å². The zero-order valence-electron chi connectivity index (χ0n) is 32.4. The predicted molar refractivity (Wildman–Crippen MR) is 223 cm³/mol. The average Bonchev–Trinajstić information content (AvgIpc) is 3.71. The first-order valence-electron chi connectivity index (χ1n) is 20.8. The molecule has 4 heteroatoms. The molecule has 0 saturated heterocycles. The first kappa shape index (κ1) is 36.8. The zero-order valence-corrected chi connectivity index (χ0v) is 37.5. The number of hydrogen-bond acceptors (Lipinski definition) is 0. The number of rotatable bonds is 11. The van der Waals surface area contributed by atoms with E-state index >= 15 is 0 Å². The van der Waals surface area contributed by atoms with Gasteiger partial charge < -0.3 is 0 Å². The van der Waals surface area contributed by atoms with Crippen LogP contribution >= 0.6 is 17.0 Å². The van der Waals surface area contributed by atoms with Crippen molar-refractivity contribution in [2.24, 2.45) is 23.7 Å². The number of fused-ring (bicyclic) bond motifs is 2. The van der Waals surface area contributed by atoms with Crippen molar-refractivity contribution < 1.29 is 15.6 Å². The van der Waals surface area contributed by atoms with Gasteiger partial charge in [-0.05, 0) is 0 Å². The molecule has 0 amide bonds. The molecule has 0 N–H and O–H groups in total. The molecule has 4 atom stereocenters. The van der Waals surface area contributed by atoms with Gasteiger partial charge in [0.25, 0.3) is 0 Å². The van der Waals surface area contributed by atoms with Crippen molar-refractivity contribution in [1.29, 1.82) is 0 Å². The molecule has 6 aliphatic rings. The summed E-state index contributed by atoms with van der Waals surface area (Å²) in [6, 6.07) is 24.1. The molecule has 4 fully saturated rings. The second-order valence-corrected chi connectivity index (χ2v) is 60.9. The second kappa shape index (κ2) is 13.5. The van der Waals surface area contributed by atoms with Crippen LogP contribution in [0.4, 0.5) is 0 Å². The Bertz CT molecular complexity index is 1850. The second-order valence-electron chi connectivity index (χ2n) is 18.4. The Morgan fingerprint density at radius 2 is 1.35 bits per heavy atom. The molecule has 0 heterocycles. The molecule has 4 bridgehead atoms. The number of allylic oxidation sites excluding steroid dienone is 2. The van der Waals surface area contributed by atoms with Crippen molar-refractivity contribution in [2.45, 2.75) is 131 Å². The quantitative estimate of drug-likeness (QED) is 0.169. The number of benzene rings is 3. The van der Waals surface area contributed by atoms with Gasteiger partial charge in [-0.1, -0.05) is 0 Å². The molecule has 3 aromatic carbocycles. The minimum absolute atomic E-state index is 0.146. The maximum atomic E-state index is 8.80. The molecule has 0 spiro atoms. The minimum atomic E-state index is -4.81. The van der Waals surface area contributed by atoms with Crippen LogP contribution in [0, 0.1) is 23.7 Å². The fourth-order valence-corrected chi connectivity index (χ4v) is 44.2. The maximum absolute atomic E-state index is 8.80. The summed E-state index contributed by atoms with van der Waals surface area (Å²) < 4.78 is 0.309. The molecule has 0 aromatic heterocycles. The van der Waals surface area contributed by atoms with Crippen LogP contribution in [0.1, 0.15) is 145 Å². The first-order chi connectivity index (χ1) is 24.4. The molecular formula is C47H61Cl2SiZr. The van der Waals surface area contributed by atoms with Gasteiger partial charge in [-0.3, -0.25) is 0 Å². The van der Waals surface area contributed by atoms with Gasteiger partial charge in [-0.25, -0.2) is 0 Å². The van der Waals surface area contributed by atoms with E-state index < -0.39 is 21.5 Å². The molecule has 0 radical (unpaired) electrons. The van der Waals surface area contributed by atoms with Gasteiger partial charge in [-0.2, -0.15) is 0 Å². The van der Waals surface area contributed by atoms with E-state index in [-0.39, 0.29) is 7.25 Å². The summed E-state index contributed by atoms with van der Waals surface area (Å²) in [5, 5.41) is 0. The summed E-state index contributed by atoms with van der Waals surface area (Å²) in [7, 11) is 17.6. The summed E-state index contributed by atoms with van der Waals surface area (Å²) >= 11 is -4.81.